The zero-order valence-corrected chi connectivity index (χ0v) is 27.2. The van der Waals surface area contributed by atoms with Crippen LogP contribution in [0.4, 0.5) is 18.0 Å². The Morgan fingerprint density at radius 1 is 1.05 bits per heavy atom. The van der Waals surface area contributed by atoms with E-state index in [2.05, 4.69) is 10.0 Å². The van der Waals surface area contributed by atoms with Crippen molar-refractivity contribution in [2.75, 3.05) is 18.8 Å². The molecule has 44 heavy (non-hydrogen) atoms. The fourth-order valence-corrected chi connectivity index (χ4v) is 6.76. The van der Waals surface area contributed by atoms with Crippen LogP contribution in [0.3, 0.4) is 0 Å². The maximum absolute atomic E-state index is 14.1. The fourth-order valence-electron chi connectivity index (χ4n) is 4.26. The van der Waals surface area contributed by atoms with Crippen molar-refractivity contribution in [3.63, 3.8) is 0 Å². The van der Waals surface area contributed by atoms with Gasteiger partial charge in [-0.2, -0.15) is 26.3 Å². The van der Waals surface area contributed by atoms with E-state index < -0.39 is 61.0 Å². The van der Waals surface area contributed by atoms with E-state index in [0.29, 0.717) is 6.07 Å². The Kier molecular flexibility index (Phi) is 10.9. The third kappa shape index (κ3) is 9.68. The minimum atomic E-state index is -4.90. The van der Waals surface area contributed by atoms with Crippen molar-refractivity contribution in [2.45, 2.75) is 63.5 Å². The molecule has 0 radical (unpaired) electrons. The molecule has 0 saturated carbocycles. The number of amides is 2. The number of hydrogen-bond acceptors (Lipinski definition) is 8. The second-order valence-electron chi connectivity index (χ2n) is 10.9. The number of carbonyl (C=O) groups is 2. The van der Waals surface area contributed by atoms with Crippen LogP contribution in [0, 0.1) is 0 Å². The highest BCUT2D eigenvalue weighted by molar-refractivity contribution is 7.91. The van der Waals surface area contributed by atoms with Crippen LogP contribution in [0.2, 0.25) is 10.0 Å². The van der Waals surface area contributed by atoms with Crippen LogP contribution in [-0.2, 0) is 44.0 Å². The van der Waals surface area contributed by atoms with Crippen molar-refractivity contribution in [3.8, 4) is 0 Å². The number of benzene rings is 2. The van der Waals surface area contributed by atoms with Crippen LogP contribution < -0.4 is 14.8 Å². The Labute approximate surface area is 263 Å². The second kappa shape index (κ2) is 13.4. The van der Waals surface area contributed by atoms with Gasteiger partial charge in [-0.15, -0.1) is 0 Å². The van der Waals surface area contributed by atoms with E-state index >= 15 is 0 Å². The maximum atomic E-state index is 14.1. The molecule has 244 valence electrons. The van der Waals surface area contributed by atoms with E-state index in [0.717, 1.165) is 6.07 Å². The molecule has 1 aliphatic rings. The summed E-state index contributed by atoms with van der Waals surface area (Å²) in [5, 5.41) is 2.27. The number of nitrogens with zero attached hydrogens (tertiary/aromatic N) is 1. The highest BCUT2D eigenvalue weighted by Gasteiger charge is 2.38. The van der Waals surface area contributed by atoms with Crippen LogP contribution in [0.5, 0.6) is 0 Å². The first-order valence-corrected chi connectivity index (χ1v) is 16.9. The van der Waals surface area contributed by atoms with Crippen molar-refractivity contribution in [2.24, 2.45) is 0 Å². The van der Waals surface area contributed by atoms with Crippen molar-refractivity contribution in [3.05, 3.63) is 62.6 Å². The lowest BCUT2D eigenvalue weighted by Crippen LogP contribution is -2.60. The smallest absolute Gasteiger partial charge is 0.422 e. The minimum Gasteiger partial charge on any atom is -0.443 e. The summed E-state index contributed by atoms with van der Waals surface area (Å²) in [7, 11) is -7.98. The first-order chi connectivity index (χ1) is 20.1. The van der Waals surface area contributed by atoms with E-state index in [9.17, 15) is 39.6 Å². The number of sulfone groups is 1. The SMILES string of the molecule is CCS(=O)(=O)c1ccc(Cl)cc1CNC(=O)c1cc(Cl)c(CN2CC(NS(=O)(=O)NC(=O)OC(C)(C)C)C2)c(C(F)(F)F)c1. The molecule has 18 heteroatoms. The van der Waals surface area contributed by atoms with E-state index in [1.54, 1.807) is 25.5 Å². The van der Waals surface area contributed by atoms with Crippen LogP contribution in [0.1, 0.15) is 54.7 Å². The standard InChI is InChI=1S/C26H31Cl2F3N4O7S2/c1-5-43(38,39)22-7-6-17(27)8-16(22)11-32-23(36)15-9-20(26(29,30)31)19(21(28)10-15)14-35-12-18(13-35)33-44(40,41)34-24(37)42-25(2,3)4/h6-10,18,33H,5,11-14H2,1-4H3,(H,32,36)(H,34,37). The molecule has 1 fully saturated rings. The van der Waals surface area contributed by atoms with Gasteiger partial charge in [0.15, 0.2) is 9.84 Å². The Morgan fingerprint density at radius 3 is 2.25 bits per heavy atom. The topological polar surface area (TPSA) is 151 Å². The molecule has 2 aromatic carbocycles. The molecule has 2 amide bonds. The van der Waals surface area contributed by atoms with Crippen molar-refractivity contribution < 1.29 is 44.3 Å². The maximum Gasteiger partial charge on any atom is 0.422 e. The molecular weight excluding hydrogens is 672 g/mol. The lowest BCUT2D eigenvalue weighted by atomic mass is 10.00. The number of ether oxygens (including phenoxy) is 1. The molecule has 0 atom stereocenters. The van der Waals surface area contributed by atoms with Gasteiger partial charge in [-0.25, -0.2) is 17.9 Å². The molecule has 3 rings (SSSR count). The first kappa shape index (κ1) is 35.8. The van der Waals surface area contributed by atoms with Crippen LogP contribution in [-0.4, -0.2) is 64.2 Å². The van der Waals surface area contributed by atoms with E-state index in [1.165, 1.54) is 30.0 Å². The van der Waals surface area contributed by atoms with Gasteiger partial charge in [0, 0.05) is 47.8 Å². The summed E-state index contributed by atoms with van der Waals surface area (Å²) in [6.45, 7) is 5.46. The quantitative estimate of drug-likeness (QED) is 0.332. The summed E-state index contributed by atoms with van der Waals surface area (Å²) in [5.74, 6) is -1.14. The lowest BCUT2D eigenvalue weighted by Gasteiger charge is -2.39. The average molecular weight is 704 g/mol. The Hall–Kier alpha value is -2.63. The van der Waals surface area contributed by atoms with Gasteiger partial charge in [-0.1, -0.05) is 30.1 Å². The molecule has 3 N–H and O–H groups in total. The number of hydrogen-bond donors (Lipinski definition) is 3. The van der Waals surface area contributed by atoms with Gasteiger partial charge >= 0.3 is 22.5 Å². The fraction of sp³-hybridized carbons (Fsp3) is 0.462. The molecule has 11 nitrogen and oxygen atoms in total. The van der Waals surface area contributed by atoms with Gasteiger partial charge in [0.1, 0.15) is 5.60 Å². The molecule has 0 aromatic heterocycles. The van der Waals surface area contributed by atoms with Crippen molar-refractivity contribution in [1.29, 1.82) is 0 Å². The number of likely N-dealkylation sites (tertiary alicyclic amines) is 1. The van der Waals surface area contributed by atoms with Crippen LogP contribution in [0.15, 0.2) is 35.2 Å². The van der Waals surface area contributed by atoms with Gasteiger partial charge in [0.05, 0.1) is 16.2 Å². The summed E-state index contributed by atoms with van der Waals surface area (Å²) in [6, 6.07) is 5.01. The Balaban J connectivity index is 1.71. The molecule has 0 spiro atoms. The Morgan fingerprint density at radius 2 is 1.68 bits per heavy atom. The monoisotopic (exact) mass is 702 g/mol. The molecular formula is C26H31Cl2F3N4O7S2. The van der Waals surface area contributed by atoms with Gasteiger partial charge < -0.3 is 10.1 Å². The van der Waals surface area contributed by atoms with Crippen LogP contribution >= 0.6 is 23.2 Å². The van der Waals surface area contributed by atoms with Crippen molar-refractivity contribution in [1.82, 2.24) is 19.7 Å². The Bertz CT molecular complexity index is 1640. The zero-order valence-electron chi connectivity index (χ0n) is 24.0. The highest BCUT2D eigenvalue weighted by atomic mass is 35.5. The summed E-state index contributed by atoms with van der Waals surface area (Å²) < 4.78 is 100. The van der Waals surface area contributed by atoms with Gasteiger partial charge in [0.2, 0.25) is 0 Å². The molecule has 2 aromatic rings. The van der Waals surface area contributed by atoms with Crippen molar-refractivity contribution >= 4 is 55.2 Å². The highest BCUT2D eigenvalue weighted by Crippen LogP contribution is 2.37. The molecule has 1 saturated heterocycles. The third-order valence-electron chi connectivity index (χ3n) is 6.22. The number of rotatable bonds is 10. The number of alkyl halides is 3. The lowest BCUT2D eigenvalue weighted by molar-refractivity contribution is -0.138. The van der Waals surface area contributed by atoms with E-state index in [1.807, 2.05) is 0 Å². The van der Waals surface area contributed by atoms with Gasteiger partial charge in [-0.05, 0) is 62.2 Å². The normalized spacial score (nSPS) is 15.0. The molecule has 1 aliphatic heterocycles. The number of halogens is 5. The van der Waals surface area contributed by atoms with E-state index in [4.69, 9.17) is 27.9 Å². The number of nitrogens with one attached hydrogen (secondary N) is 3. The third-order valence-corrected chi connectivity index (χ3v) is 9.70. The summed E-state index contributed by atoms with van der Waals surface area (Å²) in [5.41, 5.74) is -2.67. The molecule has 0 aliphatic carbocycles. The summed E-state index contributed by atoms with van der Waals surface area (Å²) >= 11 is 12.2. The summed E-state index contributed by atoms with van der Waals surface area (Å²) in [4.78, 5) is 26.1. The second-order valence-corrected chi connectivity index (χ2v) is 15.5. The first-order valence-electron chi connectivity index (χ1n) is 13.0. The minimum absolute atomic E-state index is 0.00767. The summed E-state index contributed by atoms with van der Waals surface area (Å²) in [6.07, 6.45) is -6.08. The average Bonchev–Trinajstić information content (AvgIpc) is 2.84. The van der Waals surface area contributed by atoms with Gasteiger partial charge in [-0.3, -0.25) is 9.69 Å². The largest absolute Gasteiger partial charge is 0.443 e. The predicted molar refractivity (Wildman–Crippen MR) is 157 cm³/mol. The predicted octanol–water partition coefficient (Wildman–Crippen LogP) is 4.28. The molecule has 0 unspecified atom stereocenters. The zero-order chi connectivity index (χ0) is 33.3. The van der Waals surface area contributed by atoms with Gasteiger partial charge in [0.25, 0.3) is 5.91 Å². The molecule has 0 bridgehead atoms. The number of carbonyl (C=O) groups excluding carboxylic acids is 2. The van der Waals surface area contributed by atoms with E-state index in [-0.39, 0.29) is 58.0 Å². The molecule has 1 heterocycles. The van der Waals surface area contributed by atoms with Crippen LogP contribution in [0.25, 0.3) is 0 Å².